The van der Waals surface area contributed by atoms with Gasteiger partial charge in [-0.05, 0) is 58.1 Å². The van der Waals surface area contributed by atoms with Crippen molar-refractivity contribution in [3.63, 3.8) is 0 Å². The molecule has 1 atom stereocenters. The van der Waals surface area contributed by atoms with Crippen LogP contribution >= 0.6 is 0 Å². The molecule has 1 aromatic carbocycles. The third kappa shape index (κ3) is 9.90. The number of alkyl carbamates (subject to hydrolysis) is 1. The fourth-order valence-corrected chi connectivity index (χ4v) is 4.54. The summed E-state index contributed by atoms with van der Waals surface area (Å²) in [6.07, 6.45) is 8.64. The van der Waals surface area contributed by atoms with Crippen LogP contribution in [-0.2, 0) is 14.3 Å². The summed E-state index contributed by atoms with van der Waals surface area (Å²) in [6, 6.07) is 7.13. The van der Waals surface area contributed by atoms with Gasteiger partial charge in [0.1, 0.15) is 18.2 Å². The van der Waals surface area contributed by atoms with Gasteiger partial charge in [0, 0.05) is 12.6 Å². The average Bonchev–Trinajstić information content (AvgIpc) is 2.80. The van der Waals surface area contributed by atoms with Crippen molar-refractivity contribution in [2.24, 2.45) is 0 Å². The minimum absolute atomic E-state index is 0.139. The quantitative estimate of drug-likeness (QED) is 0.408. The first-order chi connectivity index (χ1) is 16.6. The van der Waals surface area contributed by atoms with Gasteiger partial charge in [-0.2, -0.15) is 0 Å². The van der Waals surface area contributed by atoms with E-state index < -0.39 is 17.7 Å². The van der Waals surface area contributed by atoms with E-state index in [1.807, 2.05) is 31.2 Å². The summed E-state index contributed by atoms with van der Waals surface area (Å²) < 4.78 is 5.29. The minimum atomic E-state index is -0.743. The number of carbonyl (C=O) groups excluding carboxylic acids is 3. The molecule has 0 radical (unpaired) electrons. The van der Waals surface area contributed by atoms with Gasteiger partial charge in [0.05, 0.1) is 0 Å². The molecule has 7 nitrogen and oxygen atoms in total. The molecule has 1 aliphatic carbocycles. The second-order valence-corrected chi connectivity index (χ2v) is 10.6. The van der Waals surface area contributed by atoms with E-state index in [-0.39, 0.29) is 24.4 Å². The first-order valence-electron chi connectivity index (χ1n) is 13.2. The van der Waals surface area contributed by atoms with Crippen LogP contribution in [0.15, 0.2) is 24.3 Å². The maximum absolute atomic E-state index is 13.7. The van der Waals surface area contributed by atoms with Gasteiger partial charge < -0.3 is 20.3 Å². The van der Waals surface area contributed by atoms with Crippen molar-refractivity contribution in [3.8, 4) is 0 Å². The molecule has 2 rings (SSSR count). The highest BCUT2D eigenvalue weighted by Crippen LogP contribution is 2.27. The Morgan fingerprint density at radius 3 is 2.37 bits per heavy atom. The summed E-state index contributed by atoms with van der Waals surface area (Å²) >= 11 is 0. The van der Waals surface area contributed by atoms with Crippen LogP contribution in [0.25, 0.3) is 0 Å². The van der Waals surface area contributed by atoms with Crippen LogP contribution in [0.2, 0.25) is 0 Å². The highest BCUT2D eigenvalue weighted by Gasteiger charge is 2.33. The van der Waals surface area contributed by atoms with Gasteiger partial charge in [-0.25, -0.2) is 4.79 Å². The summed E-state index contributed by atoms with van der Waals surface area (Å²) in [5.41, 5.74) is 1.13. The van der Waals surface area contributed by atoms with E-state index in [0.717, 1.165) is 62.5 Å². The number of hydrogen-bond donors (Lipinski definition) is 2. The van der Waals surface area contributed by atoms with Crippen molar-refractivity contribution in [1.82, 2.24) is 15.5 Å². The normalized spacial score (nSPS) is 15.2. The van der Waals surface area contributed by atoms with Crippen LogP contribution in [0.1, 0.15) is 103 Å². The maximum atomic E-state index is 13.7. The first-order valence-corrected chi connectivity index (χ1v) is 13.2. The molecule has 0 saturated heterocycles. The van der Waals surface area contributed by atoms with Gasteiger partial charge in [0.15, 0.2) is 0 Å². The molecule has 1 aliphatic rings. The van der Waals surface area contributed by atoms with E-state index in [4.69, 9.17) is 4.74 Å². The second-order valence-electron chi connectivity index (χ2n) is 10.6. The molecule has 3 amide bonds. The number of carbonyl (C=O) groups is 3. The Morgan fingerprint density at radius 2 is 1.74 bits per heavy atom. The van der Waals surface area contributed by atoms with E-state index in [9.17, 15) is 14.4 Å². The van der Waals surface area contributed by atoms with Crippen LogP contribution in [0.5, 0.6) is 0 Å². The molecule has 7 heteroatoms. The van der Waals surface area contributed by atoms with E-state index in [2.05, 4.69) is 17.6 Å². The van der Waals surface area contributed by atoms with Crippen LogP contribution in [0, 0.1) is 6.92 Å². The molecule has 0 heterocycles. The number of amides is 3. The van der Waals surface area contributed by atoms with Crippen molar-refractivity contribution in [1.29, 1.82) is 0 Å². The summed E-state index contributed by atoms with van der Waals surface area (Å²) in [4.78, 5) is 41.0. The van der Waals surface area contributed by atoms with E-state index in [0.29, 0.717) is 6.54 Å². The molecule has 1 saturated carbocycles. The smallest absolute Gasteiger partial charge is 0.408 e. The maximum Gasteiger partial charge on any atom is 0.408 e. The first kappa shape index (κ1) is 28.7. The molecule has 0 bridgehead atoms. The number of unbranched alkanes of at least 4 members (excludes halogenated alkanes) is 3. The lowest BCUT2D eigenvalue weighted by molar-refractivity contribution is -0.140. The van der Waals surface area contributed by atoms with Gasteiger partial charge >= 0.3 is 6.09 Å². The number of benzene rings is 1. The lowest BCUT2D eigenvalue weighted by Crippen LogP contribution is -2.50. The predicted octanol–water partition coefficient (Wildman–Crippen LogP) is 5.42. The van der Waals surface area contributed by atoms with Crippen molar-refractivity contribution in [2.75, 3.05) is 13.1 Å². The van der Waals surface area contributed by atoms with E-state index in [1.54, 1.807) is 25.7 Å². The zero-order chi connectivity index (χ0) is 25.8. The molecule has 1 aromatic rings. The molecule has 35 heavy (non-hydrogen) atoms. The highest BCUT2D eigenvalue weighted by atomic mass is 16.6. The molecule has 0 spiro atoms. The predicted molar refractivity (Wildman–Crippen MR) is 139 cm³/mol. The molecule has 1 fully saturated rings. The summed E-state index contributed by atoms with van der Waals surface area (Å²) in [7, 11) is 0. The SMILES string of the molecule is CCCCCCN(C(=O)CNC(=O)OC(C)(C)C)C(C(=O)NC1CCCCC1)c1ccccc1C. The van der Waals surface area contributed by atoms with Crippen molar-refractivity contribution in [2.45, 2.75) is 110 Å². The van der Waals surface area contributed by atoms with Crippen LogP contribution in [-0.4, -0.2) is 47.5 Å². The number of hydrogen-bond acceptors (Lipinski definition) is 4. The number of nitrogens with one attached hydrogen (secondary N) is 2. The Morgan fingerprint density at radius 1 is 1.06 bits per heavy atom. The number of rotatable bonds is 11. The monoisotopic (exact) mass is 487 g/mol. The third-order valence-corrected chi connectivity index (χ3v) is 6.35. The fraction of sp³-hybridized carbons (Fsp3) is 0.679. The van der Waals surface area contributed by atoms with E-state index >= 15 is 0 Å². The molecule has 1 unspecified atom stereocenters. The molecule has 196 valence electrons. The van der Waals surface area contributed by atoms with E-state index in [1.165, 1.54) is 6.42 Å². The molecule has 0 aromatic heterocycles. The molecule has 2 N–H and O–H groups in total. The fourth-order valence-electron chi connectivity index (χ4n) is 4.54. The van der Waals surface area contributed by atoms with Crippen LogP contribution in [0.4, 0.5) is 4.79 Å². The second kappa shape index (κ2) is 14.1. The average molecular weight is 488 g/mol. The zero-order valence-corrected chi connectivity index (χ0v) is 22.3. The van der Waals surface area contributed by atoms with Gasteiger partial charge in [0.25, 0.3) is 0 Å². The van der Waals surface area contributed by atoms with Gasteiger partial charge in [-0.1, -0.05) is 69.7 Å². The van der Waals surface area contributed by atoms with Crippen molar-refractivity contribution < 1.29 is 19.1 Å². The van der Waals surface area contributed by atoms with Gasteiger partial charge in [-0.15, -0.1) is 0 Å². The summed E-state index contributed by atoms with van der Waals surface area (Å²) in [6.45, 7) is 9.67. The lowest BCUT2D eigenvalue weighted by atomic mass is 9.94. The number of ether oxygens (including phenoxy) is 1. The van der Waals surface area contributed by atoms with Crippen molar-refractivity contribution >= 4 is 17.9 Å². The van der Waals surface area contributed by atoms with Gasteiger partial charge in [-0.3, -0.25) is 9.59 Å². The Labute approximate surface area is 211 Å². The van der Waals surface area contributed by atoms with Crippen LogP contribution < -0.4 is 10.6 Å². The number of aryl methyl sites for hydroxylation is 1. The summed E-state index contributed by atoms with van der Waals surface area (Å²) in [5, 5.41) is 5.81. The molecular weight excluding hydrogens is 442 g/mol. The largest absolute Gasteiger partial charge is 0.444 e. The Balaban J connectivity index is 2.28. The van der Waals surface area contributed by atoms with Crippen LogP contribution in [0.3, 0.4) is 0 Å². The molecule has 0 aliphatic heterocycles. The number of nitrogens with zero attached hydrogens (tertiary/aromatic N) is 1. The third-order valence-electron chi connectivity index (χ3n) is 6.35. The van der Waals surface area contributed by atoms with Crippen molar-refractivity contribution in [3.05, 3.63) is 35.4 Å². The standard InChI is InChI=1S/C28H45N3O4/c1-6-7-8-14-19-31(24(32)20-29-27(34)35-28(3,4)5)25(23-18-13-12-15-21(23)2)26(33)30-22-16-10-9-11-17-22/h12-13,15,18,22,25H,6-11,14,16-17,19-20H2,1-5H3,(H,29,34)(H,30,33). The Bertz CT molecular complexity index is 828. The topological polar surface area (TPSA) is 87.7 Å². The zero-order valence-electron chi connectivity index (χ0n) is 22.3. The Kier molecular flexibility index (Phi) is 11.5. The van der Waals surface area contributed by atoms with Gasteiger partial charge in [0.2, 0.25) is 11.8 Å². The Hall–Kier alpha value is -2.57. The molecular formula is C28H45N3O4. The summed E-state index contributed by atoms with van der Waals surface area (Å²) in [5.74, 6) is -0.438. The minimum Gasteiger partial charge on any atom is -0.444 e. The lowest BCUT2D eigenvalue weighted by Gasteiger charge is -2.34. The highest BCUT2D eigenvalue weighted by molar-refractivity contribution is 5.90.